The number of hydrogen-bond acceptors (Lipinski definition) is 4. The number of carbonyl (C=O) groups is 1. The molecule has 1 atom stereocenters. The average Bonchev–Trinajstić information content (AvgIpc) is 3.13. The van der Waals surface area contributed by atoms with Gasteiger partial charge < -0.3 is 10.2 Å². The van der Waals surface area contributed by atoms with Crippen molar-refractivity contribution in [1.82, 2.24) is 34.7 Å². The lowest BCUT2D eigenvalue weighted by Gasteiger charge is -2.34. The van der Waals surface area contributed by atoms with E-state index in [1.807, 2.05) is 41.1 Å². The maximum atomic E-state index is 11.8. The number of carbonyl (C=O) groups excluding carboxylic acids is 1. The molecule has 0 saturated heterocycles. The quantitative estimate of drug-likeness (QED) is 0.888. The predicted octanol–water partition coefficient (Wildman–Crippen LogP) is 0.445. The molecule has 0 aliphatic carbocycles. The maximum absolute atomic E-state index is 11.8. The first-order valence-corrected chi connectivity index (χ1v) is 7.70. The van der Waals surface area contributed by atoms with Crippen molar-refractivity contribution in [2.75, 3.05) is 27.2 Å². The van der Waals surface area contributed by atoms with Gasteiger partial charge in [-0.3, -0.25) is 14.3 Å². The summed E-state index contributed by atoms with van der Waals surface area (Å²) in [6.45, 7) is 3.11. The van der Waals surface area contributed by atoms with Crippen LogP contribution in [0, 0.1) is 0 Å². The number of aromatic nitrogens is 4. The highest BCUT2D eigenvalue weighted by Crippen LogP contribution is 2.21. The van der Waals surface area contributed by atoms with Crippen LogP contribution in [0.5, 0.6) is 0 Å². The van der Waals surface area contributed by atoms with E-state index in [1.165, 1.54) is 11.3 Å². The van der Waals surface area contributed by atoms with Gasteiger partial charge in [0.1, 0.15) is 0 Å². The molecule has 23 heavy (non-hydrogen) atoms. The summed E-state index contributed by atoms with van der Waals surface area (Å²) in [6.07, 6.45) is 5.76. The van der Waals surface area contributed by atoms with Gasteiger partial charge in [0.25, 0.3) is 0 Å². The maximum Gasteiger partial charge on any atom is 0.316 e. The number of rotatable bonds is 4. The molecule has 0 fully saturated rings. The third-order valence-electron chi connectivity index (χ3n) is 4.01. The van der Waals surface area contributed by atoms with E-state index >= 15 is 0 Å². The van der Waals surface area contributed by atoms with Crippen molar-refractivity contribution in [2.24, 2.45) is 7.05 Å². The minimum atomic E-state index is -0.0805. The number of nitrogens with zero attached hydrogens (tertiary/aromatic N) is 6. The highest BCUT2D eigenvalue weighted by Gasteiger charge is 2.26. The number of fused-ring (bicyclic) bond motifs is 1. The smallest absolute Gasteiger partial charge is 0.316 e. The highest BCUT2D eigenvalue weighted by atomic mass is 16.2. The van der Waals surface area contributed by atoms with Gasteiger partial charge in [0, 0.05) is 65.3 Å². The lowest BCUT2D eigenvalue weighted by atomic mass is 10.1. The molecule has 0 spiro atoms. The van der Waals surface area contributed by atoms with Crippen LogP contribution < -0.4 is 5.32 Å². The van der Waals surface area contributed by atoms with Crippen LogP contribution in [0.2, 0.25) is 0 Å². The fourth-order valence-corrected chi connectivity index (χ4v) is 2.91. The Balaban J connectivity index is 1.68. The molecule has 0 unspecified atom stereocenters. The van der Waals surface area contributed by atoms with E-state index in [0.29, 0.717) is 6.54 Å². The lowest BCUT2D eigenvalue weighted by Crippen LogP contribution is -2.44. The fourth-order valence-electron chi connectivity index (χ4n) is 2.91. The molecular formula is C15H23N7O. The second-order valence-corrected chi connectivity index (χ2v) is 6.19. The van der Waals surface area contributed by atoms with Crippen molar-refractivity contribution in [3.05, 3.63) is 35.9 Å². The van der Waals surface area contributed by atoms with Crippen LogP contribution in [0.15, 0.2) is 24.7 Å². The number of hydrogen-bond donors (Lipinski definition) is 1. The minimum Gasteiger partial charge on any atom is -0.336 e. The van der Waals surface area contributed by atoms with Gasteiger partial charge in [0.2, 0.25) is 0 Å². The summed E-state index contributed by atoms with van der Waals surface area (Å²) in [5.41, 5.74) is 2.36. The Morgan fingerprint density at radius 2 is 2.26 bits per heavy atom. The van der Waals surface area contributed by atoms with E-state index in [4.69, 9.17) is 0 Å². The molecule has 1 N–H and O–H groups in total. The van der Waals surface area contributed by atoms with Gasteiger partial charge >= 0.3 is 6.03 Å². The summed E-state index contributed by atoms with van der Waals surface area (Å²) >= 11 is 0. The van der Waals surface area contributed by atoms with Gasteiger partial charge in [-0.25, -0.2) is 4.79 Å². The van der Waals surface area contributed by atoms with Crippen LogP contribution in [0.4, 0.5) is 4.79 Å². The topological polar surface area (TPSA) is 71.2 Å². The molecule has 3 heterocycles. The third-order valence-corrected chi connectivity index (χ3v) is 4.01. The largest absolute Gasteiger partial charge is 0.336 e. The first-order valence-electron chi connectivity index (χ1n) is 7.70. The molecular weight excluding hydrogens is 294 g/mol. The van der Waals surface area contributed by atoms with Gasteiger partial charge in [-0.05, 0) is 6.07 Å². The second-order valence-electron chi connectivity index (χ2n) is 6.19. The van der Waals surface area contributed by atoms with Gasteiger partial charge in [0.05, 0.1) is 17.9 Å². The molecule has 0 saturated carbocycles. The van der Waals surface area contributed by atoms with E-state index in [0.717, 1.165) is 19.6 Å². The Labute approximate surface area is 135 Å². The standard InChI is InChI=1S/C15H23N7O/c1-19(2)15(23)16-7-14-11-21(9-12-6-18-20(3)8-12)10-13-4-5-17-22(13)14/h4-6,8,14H,7,9-11H2,1-3H3,(H,16,23)/t14-/m1/s1. The summed E-state index contributed by atoms with van der Waals surface area (Å²) < 4.78 is 3.84. The Morgan fingerprint density at radius 1 is 1.43 bits per heavy atom. The van der Waals surface area contributed by atoms with Crippen LogP contribution in [0.25, 0.3) is 0 Å². The summed E-state index contributed by atoms with van der Waals surface area (Å²) in [6, 6.07) is 2.09. The molecule has 8 nitrogen and oxygen atoms in total. The van der Waals surface area contributed by atoms with Crippen LogP contribution >= 0.6 is 0 Å². The monoisotopic (exact) mass is 317 g/mol. The van der Waals surface area contributed by atoms with Crippen molar-refractivity contribution in [2.45, 2.75) is 19.1 Å². The van der Waals surface area contributed by atoms with Crippen molar-refractivity contribution in [3.8, 4) is 0 Å². The van der Waals surface area contributed by atoms with Crippen LogP contribution in [-0.4, -0.2) is 62.6 Å². The molecule has 2 aromatic rings. The zero-order chi connectivity index (χ0) is 16.4. The molecule has 0 bridgehead atoms. The van der Waals surface area contributed by atoms with E-state index in [1.54, 1.807) is 19.0 Å². The van der Waals surface area contributed by atoms with Crippen LogP contribution in [0.3, 0.4) is 0 Å². The van der Waals surface area contributed by atoms with Crippen molar-refractivity contribution in [3.63, 3.8) is 0 Å². The van der Waals surface area contributed by atoms with Crippen LogP contribution in [-0.2, 0) is 20.1 Å². The Morgan fingerprint density at radius 3 is 2.96 bits per heavy atom. The number of aryl methyl sites for hydroxylation is 1. The fraction of sp³-hybridized carbons (Fsp3) is 0.533. The van der Waals surface area contributed by atoms with Crippen LogP contribution in [0.1, 0.15) is 17.3 Å². The normalized spacial score (nSPS) is 17.8. The second kappa shape index (κ2) is 6.41. The van der Waals surface area contributed by atoms with Gasteiger partial charge in [0.15, 0.2) is 0 Å². The molecule has 0 radical (unpaired) electrons. The van der Waals surface area contributed by atoms with E-state index in [2.05, 4.69) is 20.4 Å². The predicted molar refractivity (Wildman–Crippen MR) is 85.7 cm³/mol. The molecule has 2 amide bonds. The van der Waals surface area contributed by atoms with Gasteiger partial charge in [-0.15, -0.1) is 0 Å². The Hall–Kier alpha value is -2.35. The third kappa shape index (κ3) is 3.53. The molecule has 124 valence electrons. The molecule has 8 heteroatoms. The Bertz CT molecular complexity index is 675. The summed E-state index contributed by atoms with van der Waals surface area (Å²) in [4.78, 5) is 15.7. The van der Waals surface area contributed by atoms with E-state index in [9.17, 15) is 4.79 Å². The van der Waals surface area contributed by atoms with E-state index < -0.39 is 0 Å². The lowest BCUT2D eigenvalue weighted by molar-refractivity contribution is 0.162. The number of nitrogens with one attached hydrogen (secondary N) is 1. The summed E-state index contributed by atoms with van der Waals surface area (Å²) in [7, 11) is 5.41. The molecule has 3 rings (SSSR count). The van der Waals surface area contributed by atoms with Gasteiger partial charge in [-0.1, -0.05) is 0 Å². The highest BCUT2D eigenvalue weighted by molar-refractivity contribution is 5.73. The summed E-state index contributed by atoms with van der Waals surface area (Å²) in [5, 5.41) is 11.6. The van der Waals surface area contributed by atoms with E-state index in [-0.39, 0.29) is 12.1 Å². The zero-order valence-electron chi connectivity index (χ0n) is 13.8. The van der Waals surface area contributed by atoms with Crippen molar-refractivity contribution in [1.29, 1.82) is 0 Å². The first-order chi connectivity index (χ1) is 11.0. The average molecular weight is 317 g/mol. The molecule has 1 aliphatic heterocycles. The van der Waals surface area contributed by atoms with Gasteiger partial charge in [-0.2, -0.15) is 10.2 Å². The minimum absolute atomic E-state index is 0.0805. The van der Waals surface area contributed by atoms with Crippen molar-refractivity contribution < 1.29 is 4.79 Å². The van der Waals surface area contributed by atoms with Crippen molar-refractivity contribution >= 4 is 6.03 Å². The SMILES string of the molecule is CN(C)C(=O)NC[C@@H]1CN(Cc2cnn(C)c2)Cc2ccnn21. The molecule has 2 aromatic heterocycles. The zero-order valence-corrected chi connectivity index (χ0v) is 13.8. The first kappa shape index (κ1) is 15.5. The molecule has 1 aliphatic rings. The Kier molecular flexibility index (Phi) is 4.33. The molecule has 0 aromatic carbocycles. The summed E-state index contributed by atoms with van der Waals surface area (Å²) in [5.74, 6) is 0. The number of amides is 2. The number of urea groups is 1.